The van der Waals surface area contributed by atoms with E-state index in [1.165, 1.54) is 0 Å². The minimum atomic E-state index is 0.113. The molecule has 2 nitrogen and oxygen atoms in total. The van der Waals surface area contributed by atoms with Gasteiger partial charge in [0.1, 0.15) is 0 Å². The number of hydrogen-bond donors (Lipinski definition) is 0. The maximum absolute atomic E-state index is 11.4. The highest BCUT2D eigenvalue weighted by Crippen LogP contribution is 2.27. The lowest BCUT2D eigenvalue weighted by Crippen LogP contribution is -1.96. The summed E-state index contributed by atoms with van der Waals surface area (Å²) in [6.45, 7) is 2.36. The van der Waals surface area contributed by atoms with Crippen molar-refractivity contribution in [2.24, 2.45) is 0 Å². The number of thioether (sulfide) groups is 1. The van der Waals surface area contributed by atoms with Gasteiger partial charge in [-0.15, -0.1) is 11.8 Å². The molecule has 0 aliphatic heterocycles. The quantitative estimate of drug-likeness (QED) is 0.454. The Labute approximate surface area is 109 Å². The predicted molar refractivity (Wildman–Crippen MR) is 71.4 cm³/mol. The van der Waals surface area contributed by atoms with Crippen LogP contribution < -0.4 is 0 Å². The molecule has 0 atom stereocenters. The van der Waals surface area contributed by atoms with Crippen molar-refractivity contribution < 1.29 is 9.53 Å². The van der Waals surface area contributed by atoms with Gasteiger partial charge in [-0.25, -0.2) is 0 Å². The van der Waals surface area contributed by atoms with Crippen molar-refractivity contribution in [1.82, 2.24) is 0 Å². The molecule has 88 valence electrons. The van der Waals surface area contributed by atoms with Crippen molar-refractivity contribution in [3.8, 4) is 0 Å². The zero-order chi connectivity index (χ0) is 12.0. The zero-order valence-corrected chi connectivity index (χ0v) is 11.9. The average molecular weight is 303 g/mol. The number of halogens is 1. The predicted octanol–water partition coefficient (Wildman–Crippen LogP) is 3.78. The van der Waals surface area contributed by atoms with Crippen molar-refractivity contribution in [2.75, 3.05) is 19.5 Å². The van der Waals surface area contributed by atoms with Crippen LogP contribution in [0.2, 0.25) is 0 Å². The second kappa shape index (κ2) is 7.09. The molecule has 0 saturated carbocycles. The Bertz CT molecular complexity index is 366. The van der Waals surface area contributed by atoms with Gasteiger partial charge in [0.05, 0.1) is 0 Å². The molecule has 1 aromatic rings. The molecule has 0 aliphatic carbocycles. The third kappa shape index (κ3) is 4.28. The van der Waals surface area contributed by atoms with E-state index in [0.29, 0.717) is 0 Å². The van der Waals surface area contributed by atoms with Crippen molar-refractivity contribution >= 4 is 33.5 Å². The van der Waals surface area contributed by atoms with Gasteiger partial charge >= 0.3 is 0 Å². The van der Waals surface area contributed by atoms with E-state index in [-0.39, 0.29) is 5.78 Å². The van der Waals surface area contributed by atoms with E-state index in [4.69, 9.17) is 4.74 Å². The van der Waals surface area contributed by atoms with E-state index >= 15 is 0 Å². The Morgan fingerprint density at radius 3 is 2.88 bits per heavy atom. The molecule has 0 saturated heterocycles. The monoisotopic (exact) mass is 302 g/mol. The van der Waals surface area contributed by atoms with Gasteiger partial charge in [-0.2, -0.15) is 0 Å². The van der Waals surface area contributed by atoms with E-state index in [2.05, 4.69) is 15.9 Å². The van der Waals surface area contributed by atoms with Crippen LogP contribution in [0.3, 0.4) is 0 Å². The first-order valence-corrected chi connectivity index (χ1v) is 6.85. The van der Waals surface area contributed by atoms with E-state index in [0.717, 1.165) is 33.7 Å². The van der Waals surface area contributed by atoms with Gasteiger partial charge in [0.25, 0.3) is 0 Å². The number of ketones is 1. The third-order valence-corrected chi connectivity index (χ3v) is 3.71. The Hall–Kier alpha value is -0.320. The highest BCUT2D eigenvalue weighted by atomic mass is 79.9. The first-order chi connectivity index (χ1) is 7.65. The first kappa shape index (κ1) is 13.7. The molecule has 0 radical (unpaired) electrons. The van der Waals surface area contributed by atoms with Crippen LogP contribution in [-0.4, -0.2) is 25.3 Å². The van der Waals surface area contributed by atoms with Crippen LogP contribution in [0.25, 0.3) is 0 Å². The second-order valence-corrected chi connectivity index (χ2v) is 5.44. The maximum Gasteiger partial charge on any atom is 0.160 e. The molecule has 0 aromatic heterocycles. The Morgan fingerprint density at radius 1 is 1.50 bits per heavy atom. The van der Waals surface area contributed by atoms with E-state index in [1.807, 2.05) is 18.2 Å². The van der Waals surface area contributed by atoms with Crippen LogP contribution in [-0.2, 0) is 4.74 Å². The van der Waals surface area contributed by atoms with Gasteiger partial charge in [0, 0.05) is 34.4 Å². The summed E-state index contributed by atoms with van der Waals surface area (Å²) in [5, 5.41) is 0. The molecule has 0 bridgehead atoms. The number of ether oxygens (including phenoxy) is 1. The molecular weight excluding hydrogens is 288 g/mol. The number of hydrogen-bond acceptors (Lipinski definition) is 3. The molecule has 0 spiro atoms. The maximum atomic E-state index is 11.4. The molecule has 0 unspecified atom stereocenters. The van der Waals surface area contributed by atoms with Gasteiger partial charge in [-0.05, 0) is 31.5 Å². The zero-order valence-electron chi connectivity index (χ0n) is 9.46. The number of rotatable bonds is 6. The van der Waals surface area contributed by atoms with Crippen molar-refractivity contribution in [2.45, 2.75) is 18.2 Å². The van der Waals surface area contributed by atoms with Crippen LogP contribution in [0.4, 0.5) is 0 Å². The fraction of sp³-hybridized carbons (Fsp3) is 0.417. The minimum absolute atomic E-state index is 0.113. The molecule has 4 heteroatoms. The molecule has 1 rings (SSSR count). The standard InChI is InChI=1S/C12H15BrO2S/c1-9(14)11-5-4-10(13)8-12(11)16-7-3-6-15-2/h4-5,8H,3,6-7H2,1-2H3. The summed E-state index contributed by atoms with van der Waals surface area (Å²) in [6, 6.07) is 5.76. The van der Waals surface area contributed by atoms with Crippen LogP contribution >= 0.6 is 27.7 Å². The number of carbonyl (C=O) groups excluding carboxylic acids is 1. The average Bonchev–Trinajstić information content (AvgIpc) is 2.24. The highest BCUT2D eigenvalue weighted by Gasteiger charge is 2.07. The Kier molecular flexibility index (Phi) is 6.09. The lowest BCUT2D eigenvalue weighted by molar-refractivity contribution is 0.101. The molecule has 0 amide bonds. The molecule has 0 aliphatic rings. The summed E-state index contributed by atoms with van der Waals surface area (Å²) >= 11 is 5.12. The number of methoxy groups -OCH3 is 1. The summed E-state index contributed by atoms with van der Waals surface area (Å²) in [7, 11) is 1.70. The van der Waals surface area contributed by atoms with E-state index < -0.39 is 0 Å². The summed E-state index contributed by atoms with van der Waals surface area (Å²) in [4.78, 5) is 12.5. The number of carbonyl (C=O) groups is 1. The van der Waals surface area contributed by atoms with Crippen molar-refractivity contribution in [3.05, 3.63) is 28.2 Å². The summed E-state index contributed by atoms with van der Waals surface area (Å²) in [5.41, 5.74) is 0.797. The SMILES string of the molecule is COCCCSc1cc(Br)ccc1C(C)=O. The van der Waals surface area contributed by atoms with Gasteiger partial charge in [-0.3, -0.25) is 4.79 Å². The summed E-state index contributed by atoms with van der Waals surface area (Å²) in [6.07, 6.45) is 0.991. The molecule has 0 heterocycles. The Morgan fingerprint density at radius 2 is 2.25 bits per heavy atom. The van der Waals surface area contributed by atoms with E-state index in [9.17, 15) is 4.79 Å². The minimum Gasteiger partial charge on any atom is -0.385 e. The lowest BCUT2D eigenvalue weighted by atomic mass is 10.1. The molecular formula is C12H15BrO2S. The van der Waals surface area contributed by atoms with Crippen LogP contribution in [0.1, 0.15) is 23.7 Å². The molecule has 0 N–H and O–H groups in total. The van der Waals surface area contributed by atoms with Gasteiger partial charge in [0.15, 0.2) is 5.78 Å². The second-order valence-electron chi connectivity index (χ2n) is 3.39. The normalized spacial score (nSPS) is 10.4. The molecule has 16 heavy (non-hydrogen) atoms. The van der Waals surface area contributed by atoms with Crippen molar-refractivity contribution in [3.63, 3.8) is 0 Å². The topological polar surface area (TPSA) is 26.3 Å². The first-order valence-electron chi connectivity index (χ1n) is 5.07. The van der Waals surface area contributed by atoms with E-state index in [1.54, 1.807) is 25.8 Å². The largest absolute Gasteiger partial charge is 0.385 e. The fourth-order valence-electron chi connectivity index (χ4n) is 1.29. The smallest absolute Gasteiger partial charge is 0.160 e. The summed E-state index contributed by atoms with van der Waals surface area (Å²) < 4.78 is 6.00. The van der Waals surface area contributed by atoms with Crippen LogP contribution in [0.5, 0.6) is 0 Å². The Balaban J connectivity index is 2.68. The summed E-state index contributed by atoms with van der Waals surface area (Å²) in [5.74, 6) is 1.08. The molecule has 1 aromatic carbocycles. The van der Waals surface area contributed by atoms with Crippen LogP contribution in [0, 0.1) is 0 Å². The number of Topliss-reactive ketones (excluding diaryl/α,β-unsaturated/α-hetero) is 1. The van der Waals surface area contributed by atoms with Gasteiger partial charge in [-0.1, -0.05) is 15.9 Å². The number of benzene rings is 1. The van der Waals surface area contributed by atoms with Gasteiger partial charge < -0.3 is 4.74 Å². The van der Waals surface area contributed by atoms with Gasteiger partial charge in [0.2, 0.25) is 0 Å². The highest BCUT2D eigenvalue weighted by molar-refractivity contribution is 9.10. The van der Waals surface area contributed by atoms with Crippen molar-refractivity contribution in [1.29, 1.82) is 0 Å². The fourth-order valence-corrected chi connectivity index (χ4v) is 2.86. The third-order valence-electron chi connectivity index (χ3n) is 2.07. The molecule has 0 fully saturated rings. The lowest BCUT2D eigenvalue weighted by Gasteiger charge is -2.07. The van der Waals surface area contributed by atoms with Crippen LogP contribution in [0.15, 0.2) is 27.6 Å².